The van der Waals surface area contributed by atoms with Crippen LogP contribution in [0, 0.1) is 0 Å². The van der Waals surface area contributed by atoms with Crippen LogP contribution in [0.25, 0.3) is 33.0 Å². The van der Waals surface area contributed by atoms with Crippen molar-refractivity contribution in [1.82, 2.24) is 4.98 Å². The molecule has 1 heterocycles. The predicted molar refractivity (Wildman–Crippen MR) is 121 cm³/mol. The van der Waals surface area contributed by atoms with E-state index in [4.69, 9.17) is 16.4 Å². The van der Waals surface area contributed by atoms with Gasteiger partial charge in [-0.3, -0.25) is 10.3 Å². The van der Waals surface area contributed by atoms with Crippen molar-refractivity contribution in [1.29, 1.82) is 0 Å². The summed E-state index contributed by atoms with van der Waals surface area (Å²) in [5.74, 6) is -1.01. The average molecular weight is 437 g/mol. The third kappa shape index (κ3) is 4.07. The molecule has 5 nitrogen and oxygen atoms in total. The molecular formula is C23H17ClN2O3S. The summed E-state index contributed by atoms with van der Waals surface area (Å²) in [6.45, 7) is 0. The monoisotopic (exact) mass is 436 g/mol. The number of nitrogens with zero attached hydrogens (tertiary/aromatic N) is 1. The highest BCUT2D eigenvalue weighted by atomic mass is 35.5. The third-order valence-corrected chi connectivity index (χ3v) is 5.71. The van der Waals surface area contributed by atoms with Gasteiger partial charge in [0.25, 0.3) is 0 Å². The number of thiazole rings is 1. The summed E-state index contributed by atoms with van der Waals surface area (Å²) < 4.78 is 0. The van der Waals surface area contributed by atoms with E-state index in [9.17, 15) is 9.90 Å². The first-order valence-electron chi connectivity index (χ1n) is 9.04. The van der Waals surface area contributed by atoms with Crippen LogP contribution in [-0.2, 0) is 4.84 Å². The second-order valence-electron chi connectivity index (χ2n) is 6.46. The molecule has 0 bridgehead atoms. The topological polar surface area (TPSA) is 71.5 Å². The van der Waals surface area contributed by atoms with Gasteiger partial charge in [-0.05, 0) is 29.8 Å². The first-order chi connectivity index (χ1) is 14.6. The fourth-order valence-electron chi connectivity index (χ4n) is 3.17. The molecule has 0 fully saturated rings. The number of nitrogens with one attached hydrogen (secondary N) is 1. The first-order valence-corrected chi connectivity index (χ1v) is 10.3. The number of aromatic carboxylic acids is 1. The van der Waals surface area contributed by atoms with Crippen LogP contribution in [0.3, 0.4) is 0 Å². The molecule has 0 spiro atoms. The van der Waals surface area contributed by atoms with E-state index < -0.39 is 5.97 Å². The van der Waals surface area contributed by atoms with E-state index in [1.165, 1.54) is 18.4 Å². The van der Waals surface area contributed by atoms with E-state index in [-0.39, 0.29) is 5.56 Å². The molecule has 30 heavy (non-hydrogen) atoms. The lowest BCUT2D eigenvalue weighted by atomic mass is 9.96. The fourth-order valence-corrected chi connectivity index (χ4v) is 4.12. The average Bonchev–Trinajstić information content (AvgIpc) is 3.25. The van der Waals surface area contributed by atoms with Crippen LogP contribution in [0.5, 0.6) is 0 Å². The SMILES string of the molecule is CONc1ccccc1-c1ccc(-c2nc(-c3ccc(Cl)cc3)cs2)cc1C(=O)O. The molecule has 4 rings (SSSR count). The largest absolute Gasteiger partial charge is 0.478 e. The van der Waals surface area contributed by atoms with E-state index >= 15 is 0 Å². The molecule has 0 saturated carbocycles. The van der Waals surface area contributed by atoms with Gasteiger partial charge < -0.3 is 5.11 Å². The van der Waals surface area contributed by atoms with E-state index in [0.717, 1.165) is 27.4 Å². The maximum absolute atomic E-state index is 12.0. The van der Waals surface area contributed by atoms with Gasteiger partial charge in [-0.15, -0.1) is 11.3 Å². The molecule has 0 radical (unpaired) electrons. The maximum atomic E-state index is 12.0. The summed E-state index contributed by atoms with van der Waals surface area (Å²) in [4.78, 5) is 21.7. The Morgan fingerprint density at radius 3 is 2.50 bits per heavy atom. The minimum absolute atomic E-state index is 0.195. The molecule has 150 valence electrons. The number of hydrogen-bond donors (Lipinski definition) is 2. The van der Waals surface area contributed by atoms with Crippen LogP contribution in [0.15, 0.2) is 72.1 Å². The highest BCUT2D eigenvalue weighted by Crippen LogP contribution is 2.35. The second kappa shape index (κ2) is 8.67. The highest BCUT2D eigenvalue weighted by molar-refractivity contribution is 7.13. The van der Waals surface area contributed by atoms with Gasteiger partial charge in [-0.25, -0.2) is 9.78 Å². The van der Waals surface area contributed by atoms with Gasteiger partial charge in [-0.1, -0.05) is 54.1 Å². The second-order valence-corrected chi connectivity index (χ2v) is 7.76. The van der Waals surface area contributed by atoms with E-state index in [2.05, 4.69) is 10.5 Å². The number of carboxylic acids is 1. The Kier molecular flexibility index (Phi) is 5.81. The number of aromatic nitrogens is 1. The first kappa shape index (κ1) is 20.1. The van der Waals surface area contributed by atoms with Crippen molar-refractivity contribution >= 4 is 34.6 Å². The molecule has 0 aliphatic rings. The molecule has 3 aromatic carbocycles. The summed E-state index contributed by atoms with van der Waals surface area (Å²) in [6.07, 6.45) is 0. The van der Waals surface area contributed by atoms with E-state index in [1.807, 2.05) is 60.0 Å². The highest BCUT2D eigenvalue weighted by Gasteiger charge is 2.17. The molecule has 0 unspecified atom stereocenters. The molecular weight excluding hydrogens is 420 g/mol. The number of para-hydroxylation sites is 1. The van der Waals surface area contributed by atoms with Crippen LogP contribution >= 0.6 is 22.9 Å². The summed E-state index contributed by atoms with van der Waals surface area (Å²) in [7, 11) is 1.51. The molecule has 2 N–H and O–H groups in total. The Labute approximate surface area is 182 Å². The number of halogens is 1. The predicted octanol–water partition coefficient (Wildman–Crippen LogP) is 6.47. The molecule has 0 aliphatic carbocycles. The third-order valence-electron chi connectivity index (χ3n) is 4.57. The van der Waals surface area contributed by atoms with Crippen LogP contribution in [-0.4, -0.2) is 23.2 Å². The van der Waals surface area contributed by atoms with Crippen molar-refractivity contribution in [2.75, 3.05) is 12.6 Å². The standard InChI is InChI=1S/C23H17ClN2O3S/c1-29-26-20-5-3-2-4-18(20)17-11-8-15(12-19(17)23(27)28)22-25-21(13-30-22)14-6-9-16(24)10-7-14/h2-13,26H,1H3,(H,27,28). The van der Waals surface area contributed by atoms with Crippen molar-refractivity contribution in [2.24, 2.45) is 0 Å². The van der Waals surface area contributed by atoms with Crippen molar-refractivity contribution in [3.8, 4) is 33.0 Å². The van der Waals surface area contributed by atoms with Crippen molar-refractivity contribution in [3.05, 3.63) is 82.7 Å². The van der Waals surface area contributed by atoms with Crippen LogP contribution < -0.4 is 5.48 Å². The van der Waals surface area contributed by atoms with E-state index in [1.54, 1.807) is 12.1 Å². The zero-order valence-electron chi connectivity index (χ0n) is 15.9. The molecule has 1 aromatic heterocycles. The van der Waals surface area contributed by atoms with Crippen LogP contribution in [0.2, 0.25) is 5.02 Å². The fraction of sp³-hybridized carbons (Fsp3) is 0.0435. The Morgan fingerprint density at radius 1 is 1.03 bits per heavy atom. The Morgan fingerprint density at radius 2 is 1.77 bits per heavy atom. The van der Waals surface area contributed by atoms with Crippen molar-refractivity contribution in [2.45, 2.75) is 0 Å². The maximum Gasteiger partial charge on any atom is 0.336 e. The molecule has 0 aliphatic heterocycles. The zero-order valence-corrected chi connectivity index (χ0v) is 17.5. The number of rotatable bonds is 6. The van der Waals surface area contributed by atoms with Gasteiger partial charge in [0.05, 0.1) is 24.1 Å². The van der Waals surface area contributed by atoms with Crippen molar-refractivity contribution in [3.63, 3.8) is 0 Å². The molecule has 7 heteroatoms. The smallest absolute Gasteiger partial charge is 0.336 e. The van der Waals surface area contributed by atoms with Gasteiger partial charge in [0.2, 0.25) is 0 Å². The van der Waals surface area contributed by atoms with Gasteiger partial charge >= 0.3 is 5.97 Å². The van der Waals surface area contributed by atoms with Crippen LogP contribution in [0.1, 0.15) is 10.4 Å². The zero-order chi connectivity index (χ0) is 21.1. The van der Waals surface area contributed by atoms with Crippen LogP contribution in [0.4, 0.5) is 5.69 Å². The van der Waals surface area contributed by atoms with Crippen molar-refractivity contribution < 1.29 is 14.7 Å². The van der Waals surface area contributed by atoms with Gasteiger partial charge in [0, 0.05) is 27.1 Å². The molecule has 0 amide bonds. The summed E-state index contributed by atoms with van der Waals surface area (Å²) in [5, 5.41) is 13.2. The Hall–Kier alpha value is -3.19. The molecule has 4 aromatic rings. The summed E-state index contributed by atoms with van der Waals surface area (Å²) >= 11 is 7.42. The Balaban J connectivity index is 1.75. The lowest BCUT2D eigenvalue weighted by Gasteiger charge is -2.13. The quantitative estimate of drug-likeness (QED) is 0.339. The van der Waals surface area contributed by atoms with E-state index in [0.29, 0.717) is 16.3 Å². The Bertz CT molecular complexity index is 1210. The lowest BCUT2D eigenvalue weighted by molar-refractivity contribution is 0.0698. The lowest BCUT2D eigenvalue weighted by Crippen LogP contribution is -2.03. The van der Waals surface area contributed by atoms with Gasteiger partial charge in [0.15, 0.2) is 0 Å². The van der Waals surface area contributed by atoms with Gasteiger partial charge in [0.1, 0.15) is 5.01 Å². The minimum Gasteiger partial charge on any atom is -0.478 e. The number of carboxylic acid groups (broad SMARTS) is 1. The molecule has 0 atom stereocenters. The normalized spacial score (nSPS) is 10.7. The minimum atomic E-state index is -1.01. The number of benzene rings is 3. The summed E-state index contributed by atoms with van der Waals surface area (Å²) in [5.41, 5.74) is 7.55. The number of anilines is 1. The van der Waals surface area contributed by atoms with Gasteiger partial charge in [-0.2, -0.15) is 0 Å². The molecule has 0 saturated heterocycles. The number of hydrogen-bond acceptors (Lipinski definition) is 5. The summed E-state index contributed by atoms with van der Waals surface area (Å²) in [6, 6.07) is 20.2. The number of carbonyl (C=O) groups is 1.